The Labute approximate surface area is 97.2 Å². The van der Waals surface area contributed by atoms with Crippen LogP contribution < -0.4 is 0 Å². The summed E-state index contributed by atoms with van der Waals surface area (Å²) in [5.74, 6) is 0.311. The van der Waals surface area contributed by atoms with Crippen LogP contribution in [0.25, 0.3) is 0 Å². The fourth-order valence-electron chi connectivity index (χ4n) is 2.47. The third-order valence-electron chi connectivity index (χ3n) is 3.38. The SMILES string of the molecule is CC1=CC(C)(Cc2ccccc2)CCC1=O. The summed E-state index contributed by atoms with van der Waals surface area (Å²) in [5.41, 5.74) is 2.44. The molecule has 84 valence electrons. The van der Waals surface area contributed by atoms with Crippen LogP contribution in [-0.2, 0) is 11.2 Å². The van der Waals surface area contributed by atoms with Crippen LogP contribution in [0.3, 0.4) is 0 Å². The smallest absolute Gasteiger partial charge is 0.158 e. The molecule has 1 aliphatic carbocycles. The molecule has 1 atom stereocenters. The number of hydrogen-bond donors (Lipinski definition) is 0. The van der Waals surface area contributed by atoms with E-state index in [1.807, 2.05) is 13.0 Å². The monoisotopic (exact) mass is 214 g/mol. The summed E-state index contributed by atoms with van der Waals surface area (Å²) in [6.07, 6.45) is 4.86. The average Bonchev–Trinajstić information content (AvgIpc) is 2.25. The van der Waals surface area contributed by atoms with Gasteiger partial charge in [0.1, 0.15) is 0 Å². The number of allylic oxidation sites excluding steroid dienone is 2. The predicted octanol–water partition coefficient (Wildman–Crippen LogP) is 3.54. The molecule has 0 aliphatic heterocycles. The maximum atomic E-state index is 11.5. The molecule has 1 aromatic carbocycles. The highest BCUT2D eigenvalue weighted by molar-refractivity contribution is 5.95. The van der Waals surface area contributed by atoms with Gasteiger partial charge in [-0.05, 0) is 36.3 Å². The molecule has 0 spiro atoms. The molecule has 1 nitrogen and oxygen atoms in total. The Morgan fingerprint density at radius 3 is 2.56 bits per heavy atom. The highest BCUT2D eigenvalue weighted by Gasteiger charge is 2.28. The van der Waals surface area contributed by atoms with E-state index < -0.39 is 0 Å². The van der Waals surface area contributed by atoms with E-state index in [2.05, 4.69) is 37.3 Å². The predicted molar refractivity (Wildman–Crippen MR) is 66.3 cm³/mol. The number of benzene rings is 1. The Morgan fingerprint density at radius 2 is 1.94 bits per heavy atom. The van der Waals surface area contributed by atoms with Crippen LogP contribution in [0.1, 0.15) is 32.3 Å². The van der Waals surface area contributed by atoms with Gasteiger partial charge in [0.05, 0.1) is 0 Å². The van der Waals surface area contributed by atoms with Crippen molar-refractivity contribution in [1.82, 2.24) is 0 Å². The van der Waals surface area contributed by atoms with Gasteiger partial charge in [0.25, 0.3) is 0 Å². The molecule has 0 heterocycles. The van der Waals surface area contributed by atoms with E-state index in [9.17, 15) is 4.79 Å². The van der Waals surface area contributed by atoms with Crippen molar-refractivity contribution in [2.75, 3.05) is 0 Å². The number of carbonyl (C=O) groups is 1. The minimum atomic E-state index is 0.152. The average molecular weight is 214 g/mol. The van der Waals surface area contributed by atoms with Gasteiger partial charge in [0, 0.05) is 6.42 Å². The third-order valence-corrected chi connectivity index (χ3v) is 3.38. The van der Waals surface area contributed by atoms with Crippen LogP contribution in [0.5, 0.6) is 0 Å². The molecular weight excluding hydrogens is 196 g/mol. The van der Waals surface area contributed by atoms with Gasteiger partial charge < -0.3 is 0 Å². The fraction of sp³-hybridized carbons (Fsp3) is 0.400. The lowest BCUT2D eigenvalue weighted by atomic mass is 9.74. The summed E-state index contributed by atoms with van der Waals surface area (Å²) in [5, 5.41) is 0. The minimum Gasteiger partial charge on any atom is -0.295 e. The lowest BCUT2D eigenvalue weighted by Gasteiger charge is -2.30. The first-order valence-electron chi connectivity index (χ1n) is 5.86. The van der Waals surface area contributed by atoms with Crippen LogP contribution in [0.2, 0.25) is 0 Å². The van der Waals surface area contributed by atoms with E-state index in [1.54, 1.807) is 0 Å². The highest BCUT2D eigenvalue weighted by Crippen LogP contribution is 2.35. The van der Waals surface area contributed by atoms with Crippen LogP contribution >= 0.6 is 0 Å². The van der Waals surface area contributed by atoms with Crippen molar-refractivity contribution in [3.63, 3.8) is 0 Å². The summed E-state index contributed by atoms with van der Waals surface area (Å²) < 4.78 is 0. The Bertz CT molecular complexity index is 416. The van der Waals surface area contributed by atoms with Crippen molar-refractivity contribution < 1.29 is 4.79 Å². The van der Waals surface area contributed by atoms with Crippen molar-refractivity contribution in [2.45, 2.75) is 33.1 Å². The molecule has 1 unspecified atom stereocenters. The van der Waals surface area contributed by atoms with E-state index >= 15 is 0 Å². The first kappa shape index (κ1) is 11.1. The van der Waals surface area contributed by atoms with E-state index in [4.69, 9.17) is 0 Å². The van der Waals surface area contributed by atoms with Crippen LogP contribution in [0.15, 0.2) is 42.0 Å². The molecule has 0 N–H and O–H groups in total. The molecule has 2 rings (SSSR count). The van der Waals surface area contributed by atoms with Gasteiger partial charge in [0.15, 0.2) is 5.78 Å². The number of carbonyl (C=O) groups excluding carboxylic acids is 1. The molecule has 0 saturated heterocycles. The zero-order valence-electron chi connectivity index (χ0n) is 9.99. The lowest BCUT2D eigenvalue weighted by Crippen LogP contribution is -2.24. The van der Waals surface area contributed by atoms with Gasteiger partial charge in [0.2, 0.25) is 0 Å². The molecule has 0 aromatic heterocycles. The van der Waals surface area contributed by atoms with Crippen molar-refractivity contribution in [1.29, 1.82) is 0 Å². The van der Waals surface area contributed by atoms with Crippen molar-refractivity contribution >= 4 is 5.78 Å². The van der Waals surface area contributed by atoms with Crippen LogP contribution in [0.4, 0.5) is 0 Å². The summed E-state index contributed by atoms with van der Waals surface area (Å²) in [7, 11) is 0. The molecule has 0 fully saturated rings. The minimum absolute atomic E-state index is 0.152. The van der Waals surface area contributed by atoms with E-state index in [0.717, 1.165) is 18.4 Å². The van der Waals surface area contributed by atoms with Gasteiger partial charge in [-0.1, -0.05) is 43.3 Å². The molecule has 0 radical (unpaired) electrons. The summed E-state index contributed by atoms with van der Waals surface area (Å²) >= 11 is 0. The van der Waals surface area contributed by atoms with E-state index in [-0.39, 0.29) is 5.41 Å². The quantitative estimate of drug-likeness (QED) is 0.736. The molecule has 0 bridgehead atoms. The van der Waals surface area contributed by atoms with Crippen molar-refractivity contribution in [2.24, 2.45) is 5.41 Å². The largest absolute Gasteiger partial charge is 0.295 e. The van der Waals surface area contributed by atoms with Gasteiger partial charge in [-0.15, -0.1) is 0 Å². The second-order valence-corrected chi connectivity index (χ2v) is 5.07. The van der Waals surface area contributed by atoms with Crippen molar-refractivity contribution in [3.05, 3.63) is 47.5 Å². The third kappa shape index (κ3) is 2.41. The Balaban J connectivity index is 2.18. The highest BCUT2D eigenvalue weighted by atomic mass is 16.1. The van der Waals surface area contributed by atoms with Gasteiger partial charge in [-0.3, -0.25) is 4.79 Å². The fourth-order valence-corrected chi connectivity index (χ4v) is 2.47. The zero-order valence-corrected chi connectivity index (χ0v) is 9.99. The second-order valence-electron chi connectivity index (χ2n) is 5.07. The lowest BCUT2D eigenvalue weighted by molar-refractivity contribution is -0.116. The molecule has 16 heavy (non-hydrogen) atoms. The first-order valence-corrected chi connectivity index (χ1v) is 5.86. The molecule has 1 heteroatoms. The van der Waals surface area contributed by atoms with Gasteiger partial charge in [-0.25, -0.2) is 0 Å². The van der Waals surface area contributed by atoms with Crippen molar-refractivity contribution in [3.8, 4) is 0 Å². The number of hydrogen-bond acceptors (Lipinski definition) is 1. The molecule has 1 aromatic rings. The maximum absolute atomic E-state index is 11.5. The molecule has 0 amide bonds. The van der Waals surface area contributed by atoms with E-state index in [0.29, 0.717) is 12.2 Å². The molecule has 1 aliphatic rings. The number of Topliss-reactive ketones (excluding diaryl/α,β-unsaturated/α-hetero) is 1. The van der Waals surface area contributed by atoms with Gasteiger partial charge >= 0.3 is 0 Å². The Hall–Kier alpha value is -1.37. The second kappa shape index (κ2) is 4.25. The van der Waals surface area contributed by atoms with E-state index in [1.165, 1.54) is 5.56 Å². The number of ketones is 1. The first-order chi connectivity index (χ1) is 7.59. The number of rotatable bonds is 2. The summed E-state index contributed by atoms with van der Waals surface area (Å²) in [6, 6.07) is 10.5. The summed E-state index contributed by atoms with van der Waals surface area (Å²) in [4.78, 5) is 11.5. The maximum Gasteiger partial charge on any atom is 0.158 e. The topological polar surface area (TPSA) is 17.1 Å². The van der Waals surface area contributed by atoms with Crippen LogP contribution in [0, 0.1) is 5.41 Å². The normalized spacial score (nSPS) is 25.4. The van der Waals surface area contributed by atoms with Crippen LogP contribution in [-0.4, -0.2) is 5.78 Å². The Kier molecular flexibility index (Phi) is 2.95. The molecule has 0 saturated carbocycles. The zero-order chi connectivity index (χ0) is 11.6. The Morgan fingerprint density at radius 1 is 1.25 bits per heavy atom. The van der Waals surface area contributed by atoms with Gasteiger partial charge in [-0.2, -0.15) is 0 Å². The summed E-state index contributed by atoms with van der Waals surface area (Å²) in [6.45, 7) is 4.18. The molecular formula is C15H18O. The standard InChI is InChI=1S/C15H18O/c1-12-10-15(2,9-8-14(12)16)11-13-6-4-3-5-7-13/h3-7,10H,8-9,11H2,1-2H3.